The number of thiophene rings is 1. The molecule has 7 heteroatoms. The van der Waals surface area contributed by atoms with Crippen molar-refractivity contribution in [1.29, 1.82) is 0 Å². The van der Waals surface area contributed by atoms with Gasteiger partial charge in [0, 0.05) is 24.4 Å². The third kappa shape index (κ3) is 2.23. The molecule has 2 N–H and O–H groups in total. The fourth-order valence-corrected chi connectivity index (χ4v) is 4.15. The summed E-state index contributed by atoms with van der Waals surface area (Å²) in [4.78, 5) is 19.0. The molecule has 0 radical (unpaired) electrons. The van der Waals surface area contributed by atoms with Crippen LogP contribution in [0.4, 0.5) is 5.13 Å². The van der Waals surface area contributed by atoms with Crippen LogP contribution in [0.2, 0.25) is 0 Å². The average Bonchev–Trinajstić information content (AvgIpc) is 2.98. The number of carbonyl (C=O) groups is 1. The second kappa shape index (κ2) is 4.73. The molecule has 0 bridgehead atoms. The number of halogens is 1. The zero-order valence-electron chi connectivity index (χ0n) is 9.30. The van der Waals surface area contributed by atoms with Gasteiger partial charge in [-0.2, -0.15) is 0 Å². The van der Waals surface area contributed by atoms with Gasteiger partial charge in [0.05, 0.1) is 14.4 Å². The fourth-order valence-electron chi connectivity index (χ4n) is 1.87. The van der Waals surface area contributed by atoms with Gasteiger partial charge in [0.25, 0.3) is 0 Å². The van der Waals surface area contributed by atoms with E-state index >= 15 is 0 Å². The summed E-state index contributed by atoms with van der Waals surface area (Å²) in [5, 5.41) is 2.72. The first-order valence-corrected chi connectivity index (χ1v) is 7.89. The second-order valence-corrected chi connectivity index (χ2v) is 7.39. The Labute approximate surface area is 121 Å². The van der Waals surface area contributed by atoms with Crippen LogP contribution >= 0.6 is 38.6 Å². The SMILES string of the molecule is NC1CC(=O)N(c2nc(-c3ccc(Br)s3)cs2)C1. The number of rotatable bonds is 2. The smallest absolute Gasteiger partial charge is 0.230 e. The van der Waals surface area contributed by atoms with E-state index in [9.17, 15) is 4.79 Å². The molecule has 2 aromatic rings. The number of hydrogen-bond donors (Lipinski definition) is 1. The van der Waals surface area contributed by atoms with E-state index in [4.69, 9.17) is 5.73 Å². The summed E-state index contributed by atoms with van der Waals surface area (Å²) in [6.07, 6.45) is 0.416. The van der Waals surface area contributed by atoms with Crippen LogP contribution < -0.4 is 10.6 Å². The first kappa shape index (κ1) is 12.3. The highest BCUT2D eigenvalue weighted by Crippen LogP contribution is 2.34. The molecule has 18 heavy (non-hydrogen) atoms. The van der Waals surface area contributed by atoms with Gasteiger partial charge < -0.3 is 5.73 Å². The molecule has 0 saturated carbocycles. The Bertz CT molecular complexity index is 595. The van der Waals surface area contributed by atoms with Gasteiger partial charge in [-0.1, -0.05) is 0 Å². The Balaban J connectivity index is 1.88. The van der Waals surface area contributed by atoms with E-state index in [0.29, 0.717) is 13.0 Å². The van der Waals surface area contributed by atoms with E-state index < -0.39 is 0 Å². The molecule has 1 amide bonds. The van der Waals surface area contributed by atoms with E-state index in [2.05, 4.69) is 20.9 Å². The van der Waals surface area contributed by atoms with Crippen LogP contribution in [0.25, 0.3) is 10.6 Å². The van der Waals surface area contributed by atoms with Gasteiger partial charge in [-0.25, -0.2) is 4.98 Å². The number of amides is 1. The van der Waals surface area contributed by atoms with Crippen LogP contribution in [-0.2, 0) is 4.79 Å². The topological polar surface area (TPSA) is 59.2 Å². The zero-order valence-corrected chi connectivity index (χ0v) is 12.5. The molecular weight excluding hydrogens is 334 g/mol. The number of thiazole rings is 1. The number of carbonyl (C=O) groups excluding carboxylic acids is 1. The van der Waals surface area contributed by atoms with E-state index in [0.717, 1.165) is 19.5 Å². The maximum Gasteiger partial charge on any atom is 0.230 e. The minimum absolute atomic E-state index is 0.0655. The first-order chi connectivity index (χ1) is 8.63. The predicted molar refractivity (Wildman–Crippen MR) is 78.1 cm³/mol. The Morgan fingerprint density at radius 1 is 1.50 bits per heavy atom. The van der Waals surface area contributed by atoms with Gasteiger partial charge >= 0.3 is 0 Å². The molecule has 1 atom stereocenters. The average molecular weight is 344 g/mol. The number of nitrogens with two attached hydrogens (primary N) is 1. The van der Waals surface area contributed by atoms with Gasteiger partial charge in [-0.15, -0.1) is 22.7 Å². The maximum absolute atomic E-state index is 11.7. The van der Waals surface area contributed by atoms with Crippen molar-refractivity contribution in [2.45, 2.75) is 12.5 Å². The summed E-state index contributed by atoms with van der Waals surface area (Å²) in [5.41, 5.74) is 6.70. The Hall–Kier alpha value is -0.760. The number of nitrogens with zero attached hydrogens (tertiary/aromatic N) is 2. The molecule has 1 aliphatic heterocycles. The van der Waals surface area contributed by atoms with Gasteiger partial charge in [-0.3, -0.25) is 9.69 Å². The third-order valence-corrected chi connectivity index (χ3v) is 5.21. The molecule has 0 aliphatic carbocycles. The lowest BCUT2D eigenvalue weighted by Gasteiger charge is -2.10. The lowest BCUT2D eigenvalue weighted by molar-refractivity contribution is -0.117. The van der Waals surface area contributed by atoms with Crippen LogP contribution in [0, 0.1) is 0 Å². The van der Waals surface area contributed by atoms with Crippen LogP contribution in [0.15, 0.2) is 21.3 Å². The third-order valence-electron chi connectivity index (χ3n) is 2.70. The lowest BCUT2D eigenvalue weighted by atomic mass is 10.3. The van der Waals surface area contributed by atoms with Crippen molar-refractivity contribution in [2.75, 3.05) is 11.4 Å². The molecule has 0 spiro atoms. The minimum atomic E-state index is -0.0688. The molecule has 1 fully saturated rings. The molecule has 94 valence electrons. The predicted octanol–water partition coefficient (Wildman–Crippen LogP) is 2.70. The minimum Gasteiger partial charge on any atom is -0.326 e. The zero-order chi connectivity index (χ0) is 12.7. The van der Waals surface area contributed by atoms with Crippen molar-refractivity contribution in [1.82, 2.24) is 4.98 Å². The second-order valence-electron chi connectivity index (χ2n) is 4.09. The van der Waals surface area contributed by atoms with Crippen LogP contribution in [0.3, 0.4) is 0 Å². The molecule has 1 unspecified atom stereocenters. The maximum atomic E-state index is 11.7. The van der Waals surface area contributed by atoms with Gasteiger partial charge in [0.15, 0.2) is 5.13 Å². The van der Waals surface area contributed by atoms with Crippen molar-refractivity contribution in [2.24, 2.45) is 5.73 Å². The highest BCUT2D eigenvalue weighted by Gasteiger charge is 2.30. The number of aromatic nitrogens is 1. The quantitative estimate of drug-likeness (QED) is 0.911. The van der Waals surface area contributed by atoms with Crippen LogP contribution in [0.1, 0.15) is 6.42 Å². The van der Waals surface area contributed by atoms with Crippen LogP contribution in [-0.4, -0.2) is 23.5 Å². The van der Waals surface area contributed by atoms with Crippen molar-refractivity contribution in [3.05, 3.63) is 21.3 Å². The summed E-state index contributed by atoms with van der Waals surface area (Å²) in [7, 11) is 0. The van der Waals surface area contributed by atoms with E-state index in [1.54, 1.807) is 16.2 Å². The van der Waals surface area contributed by atoms with E-state index in [-0.39, 0.29) is 11.9 Å². The van der Waals surface area contributed by atoms with Crippen LogP contribution in [0.5, 0.6) is 0 Å². The molecule has 1 aliphatic rings. The monoisotopic (exact) mass is 343 g/mol. The van der Waals surface area contributed by atoms with Crippen molar-refractivity contribution < 1.29 is 4.79 Å². The molecule has 3 heterocycles. The fraction of sp³-hybridized carbons (Fsp3) is 0.273. The van der Waals surface area contributed by atoms with Gasteiger partial charge in [0.1, 0.15) is 0 Å². The molecule has 1 saturated heterocycles. The summed E-state index contributed by atoms with van der Waals surface area (Å²) in [6.45, 7) is 0.569. The molecule has 2 aromatic heterocycles. The summed E-state index contributed by atoms with van der Waals surface area (Å²) in [5.74, 6) is 0.0655. The van der Waals surface area contributed by atoms with Crippen molar-refractivity contribution in [3.8, 4) is 10.6 Å². The van der Waals surface area contributed by atoms with Gasteiger partial charge in [0.2, 0.25) is 5.91 Å². The first-order valence-electron chi connectivity index (χ1n) is 5.40. The number of hydrogen-bond acceptors (Lipinski definition) is 5. The highest BCUT2D eigenvalue weighted by atomic mass is 79.9. The summed E-state index contributed by atoms with van der Waals surface area (Å²) < 4.78 is 1.08. The Morgan fingerprint density at radius 2 is 2.33 bits per heavy atom. The normalized spacial score (nSPS) is 19.8. The molecular formula is C11H10BrN3OS2. The van der Waals surface area contributed by atoms with Crippen molar-refractivity contribution in [3.63, 3.8) is 0 Å². The van der Waals surface area contributed by atoms with Gasteiger partial charge in [-0.05, 0) is 28.1 Å². The molecule has 0 aromatic carbocycles. The highest BCUT2D eigenvalue weighted by molar-refractivity contribution is 9.11. The molecule has 3 rings (SSSR count). The summed E-state index contributed by atoms with van der Waals surface area (Å²) in [6, 6.07) is 3.95. The Kier molecular flexibility index (Phi) is 3.23. The molecule has 4 nitrogen and oxygen atoms in total. The Morgan fingerprint density at radius 3 is 2.94 bits per heavy atom. The summed E-state index contributed by atoms with van der Waals surface area (Å²) >= 11 is 6.55. The lowest BCUT2D eigenvalue weighted by Crippen LogP contribution is -2.27. The van der Waals surface area contributed by atoms with Crippen molar-refractivity contribution >= 4 is 49.6 Å². The largest absolute Gasteiger partial charge is 0.326 e. The standard InChI is InChI=1S/C11H10BrN3OS2/c12-9-2-1-8(18-9)7-5-17-11(14-7)15-4-6(13)3-10(15)16/h1-2,5-6H,3-4,13H2. The van der Waals surface area contributed by atoms with E-state index in [1.807, 2.05) is 17.5 Å². The van der Waals surface area contributed by atoms with E-state index in [1.165, 1.54) is 11.3 Å². The number of anilines is 1.